The molecule has 0 spiro atoms. The smallest absolute Gasteiger partial charge is 0.307 e. The second-order valence-electron chi connectivity index (χ2n) is 7.87. The Morgan fingerprint density at radius 3 is 1.59 bits per heavy atom. The third-order valence-corrected chi connectivity index (χ3v) is 6.80. The Bertz CT molecular complexity index is 540. The average Bonchev–Trinajstić information content (AvgIpc) is 3.22. The number of hydrogen-bond acceptors (Lipinski definition) is 2. The van der Waals surface area contributed by atoms with Gasteiger partial charge in [0.05, 0.1) is 11.8 Å². The summed E-state index contributed by atoms with van der Waals surface area (Å²) in [5.41, 5.74) is -0.467. The van der Waals surface area contributed by atoms with Gasteiger partial charge in [-0.05, 0) is 50.4 Å². The van der Waals surface area contributed by atoms with Crippen LogP contribution >= 0.6 is 0 Å². The van der Waals surface area contributed by atoms with E-state index >= 15 is 0 Å². The lowest BCUT2D eigenvalue weighted by atomic mass is 9.67. The molecule has 4 rings (SSSR count). The lowest BCUT2D eigenvalue weighted by Crippen LogP contribution is -2.34. The number of fused-ring (bicyclic) bond motifs is 4. The highest BCUT2D eigenvalue weighted by atomic mass is 16.4. The van der Waals surface area contributed by atoms with Crippen LogP contribution in [0.2, 0.25) is 0 Å². The molecule has 0 aliphatic heterocycles. The third kappa shape index (κ3) is 1.82. The van der Waals surface area contributed by atoms with Gasteiger partial charge in [-0.2, -0.15) is 0 Å². The molecule has 4 heteroatoms. The quantitative estimate of drug-likeness (QED) is 0.765. The molecule has 118 valence electrons. The number of carboxylic acids is 2. The minimum atomic E-state index is -0.689. The van der Waals surface area contributed by atoms with Crippen LogP contribution in [0.5, 0.6) is 0 Å². The molecular formula is C18H22O4. The van der Waals surface area contributed by atoms with Gasteiger partial charge in [0.15, 0.2) is 0 Å². The summed E-state index contributed by atoms with van der Waals surface area (Å²) in [7, 11) is 0. The molecular weight excluding hydrogens is 280 g/mol. The molecule has 2 saturated carbocycles. The molecule has 4 aliphatic carbocycles. The Balaban J connectivity index is 1.55. The molecule has 0 aromatic heterocycles. The van der Waals surface area contributed by atoms with E-state index in [1.165, 1.54) is 0 Å². The maximum Gasteiger partial charge on any atom is 0.307 e. The SMILES string of the molecule is O=C(O)C1CC2C=CC1(CCC13C=CC(CC1C(=O)O)C3)C2. The predicted octanol–water partition coefficient (Wildman–Crippen LogP) is 3.10. The van der Waals surface area contributed by atoms with Crippen molar-refractivity contribution in [2.75, 3.05) is 0 Å². The highest BCUT2D eigenvalue weighted by Gasteiger charge is 2.56. The van der Waals surface area contributed by atoms with Crippen LogP contribution in [-0.4, -0.2) is 22.2 Å². The second-order valence-corrected chi connectivity index (χ2v) is 7.87. The summed E-state index contributed by atoms with van der Waals surface area (Å²) in [5, 5.41) is 19.0. The van der Waals surface area contributed by atoms with Gasteiger partial charge in [-0.1, -0.05) is 24.3 Å². The normalized spacial score (nSPS) is 47.5. The van der Waals surface area contributed by atoms with Crippen molar-refractivity contribution in [3.8, 4) is 0 Å². The van der Waals surface area contributed by atoms with E-state index in [0.717, 1.165) is 38.5 Å². The van der Waals surface area contributed by atoms with Crippen molar-refractivity contribution in [3.05, 3.63) is 24.3 Å². The van der Waals surface area contributed by atoms with Gasteiger partial charge in [-0.3, -0.25) is 9.59 Å². The van der Waals surface area contributed by atoms with Crippen LogP contribution in [0.15, 0.2) is 24.3 Å². The van der Waals surface area contributed by atoms with Gasteiger partial charge in [0.2, 0.25) is 0 Å². The second kappa shape index (κ2) is 4.46. The zero-order valence-corrected chi connectivity index (χ0v) is 12.6. The van der Waals surface area contributed by atoms with Gasteiger partial charge in [-0.25, -0.2) is 0 Å². The maximum atomic E-state index is 11.6. The van der Waals surface area contributed by atoms with E-state index in [-0.39, 0.29) is 22.7 Å². The zero-order chi connectivity index (χ0) is 15.5. The molecule has 22 heavy (non-hydrogen) atoms. The first-order valence-corrected chi connectivity index (χ1v) is 8.28. The van der Waals surface area contributed by atoms with Gasteiger partial charge in [0, 0.05) is 10.8 Å². The molecule has 2 N–H and O–H groups in total. The average molecular weight is 302 g/mol. The first kappa shape index (κ1) is 14.0. The number of hydrogen-bond donors (Lipinski definition) is 2. The summed E-state index contributed by atoms with van der Waals surface area (Å²) in [6.45, 7) is 0. The fourth-order valence-electron chi connectivity index (χ4n) is 5.70. The van der Waals surface area contributed by atoms with Crippen LogP contribution in [0, 0.1) is 34.5 Å². The monoisotopic (exact) mass is 302 g/mol. The van der Waals surface area contributed by atoms with Crippen LogP contribution in [0.25, 0.3) is 0 Å². The number of aliphatic carboxylic acids is 2. The maximum absolute atomic E-state index is 11.6. The topological polar surface area (TPSA) is 74.6 Å². The largest absolute Gasteiger partial charge is 0.481 e. The molecule has 0 aromatic rings. The molecule has 0 heterocycles. The standard InChI is InChI=1S/C18H22O4/c19-15(20)13-7-11-1-3-17(13,9-11)5-6-18-4-2-12(10-18)8-14(18)16(21)22/h1-4,11-14H,5-10H2,(H,19,20)(H,21,22). The van der Waals surface area contributed by atoms with Crippen molar-refractivity contribution in [1.29, 1.82) is 0 Å². The molecule has 0 aromatic carbocycles. The third-order valence-electron chi connectivity index (χ3n) is 6.80. The molecule has 6 unspecified atom stereocenters. The lowest BCUT2D eigenvalue weighted by molar-refractivity contribution is -0.147. The number of carbonyl (C=O) groups is 2. The summed E-state index contributed by atoms with van der Waals surface area (Å²) < 4.78 is 0. The Kier molecular flexibility index (Phi) is 2.85. The predicted molar refractivity (Wildman–Crippen MR) is 80.1 cm³/mol. The Hall–Kier alpha value is -1.58. The Morgan fingerprint density at radius 2 is 1.27 bits per heavy atom. The molecule has 4 nitrogen and oxygen atoms in total. The van der Waals surface area contributed by atoms with Gasteiger partial charge < -0.3 is 10.2 Å². The fraction of sp³-hybridized carbons (Fsp3) is 0.667. The minimum absolute atomic E-state index is 0.233. The van der Waals surface area contributed by atoms with E-state index < -0.39 is 11.9 Å². The van der Waals surface area contributed by atoms with Gasteiger partial charge >= 0.3 is 11.9 Å². The first-order valence-electron chi connectivity index (χ1n) is 8.28. The molecule has 4 bridgehead atoms. The highest BCUT2D eigenvalue weighted by Crippen LogP contribution is 2.61. The van der Waals surface area contributed by atoms with Crippen molar-refractivity contribution < 1.29 is 19.8 Å². The molecule has 6 atom stereocenters. The van der Waals surface area contributed by atoms with E-state index in [4.69, 9.17) is 0 Å². The molecule has 2 fully saturated rings. The van der Waals surface area contributed by atoms with Gasteiger partial charge in [0.1, 0.15) is 0 Å². The Labute approximate surface area is 129 Å². The summed E-state index contributed by atoms with van der Waals surface area (Å²) in [6, 6.07) is 0. The van der Waals surface area contributed by atoms with E-state index in [2.05, 4.69) is 24.3 Å². The van der Waals surface area contributed by atoms with E-state index in [1.807, 2.05) is 0 Å². The lowest BCUT2D eigenvalue weighted by Gasteiger charge is -2.36. The van der Waals surface area contributed by atoms with Crippen molar-refractivity contribution >= 4 is 11.9 Å². The van der Waals surface area contributed by atoms with Crippen molar-refractivity contribution in [2.45, 2.75) is 38.5 Å². The molecule has 4 aliphatic rings. The number of carboxylic acid groups (broad SMARTS) is 2. The molecule has 0 amide bonds. The first-order chi connectivity index (χ1) is 10.4. The minimum Gasteiger partial charge on any atom is -0.481 e. The van der Waals surface area contributed by atoms with Crippen LogP contribution in [-0.2, 0) is 9.59 Å². The summed E-state index contributed by atoms with van der Waals surface area (Å²) in [6.07, 6.45) is 13.6. The van der Waals surface area contributed by atoms with Crippen LogP contribution in [0.1, 0.15) is 38.5 Å². The summed E-state index contributed by atoms with van der Waals surface area (Å²) in [5.74, 6) is -1.14. The zero-order valence-electron chi connectivity index (χ0n) is 12.6. The summed E-state index contributed by atoms with van der Waals surface area (Å²) >= 11 is 0. The van der Waals surface area contributed by atoms with Crippen molar-refractivity contribution in [2.24, 2.45) is 34.5 Å². The van der Waals surface area contributed by atoms with Gasteiger partial charge in [0.25, 0.3) is 0 Å². The summed E-state index contributed by atoms with van der Waals surface area (Å²) in [4.78, 5) is 23.2. The van der Waals surface area contributed by atoms with Crippen LogP contribution in [0.3, 0.4) is 0 Å². The van der Waals surface area contributed by atoms with E-state index in [9.17, 15) is 19.8 Å². The number of allylic oxidation sites excluding steroid dienone is 4. The van der Waals surface area contributed by atoms with Crippen LogP contribution in [0.4, 0.5) is 0 Å². The van der Waals surface area contributed by atoms with E-state index in [1.54, 1.807) is 0 Å². The molecule has 0 radical (unpaired) electrons. The van der Waals surface area contributed by atoms with E-state index in [0.29, 0.717) is 11.8 Å². The van der Waals surface area contributed by atoms with Gasteiger partial charge in [-0.15, -0.1) is 0 Å². The fourth-order valence-corrected chi connectivity index (χ4v) is 5.70. The number of rotatable bonds is 5. The highest BCUT2D eigenvalue weighted by molar-refractivity contribution is 5.73. The Morgan fingerprint density at radius 1 is 0.864 bits per heavy atom. The van der Waals surface area contributed by atoms with Crippen molar-refractivity contribution in [3.63, 3.8) is 0 Å². The van der Waals surface area contributed by atoms with Crippen molar-refractivity contribution in [1.82, 2.24) is 0 Å². The van der Waals surface area contributed by atoms with Crippen LogP contribution < -0.4 is 0 Å². The molecule has 0 saturated heterocycles.